The maximum Gasteiger partial charge on any atom is 0.153 e. The third-order valence-electron chi connectivity index (χ3n) is 3.32. The van der Waals surface area contributed by atoms with Gasteiger partial charge in [0, 0.05) is 0 Å². The van der Waals surface area contributed by atoms with Crippen molar-refractivity contribution in [1.82, 2.24) is 0 Å². The first kappa shape index (κ1) is 13.4. The molecule has 0 spiro atoms. The number of benzene rings is 2. The van der Waals surface area contributed by atoms with Crippen molar-refractivity contribution in [3.63, 3.8) is 0 Å². The molecule has 0 fully saturated rings. The van der Waals surface area contributed by atoms with Crippen LogP contribution in [-0.2, 0) is 0 Å². The molecule has 0 saturated carbocycles. The van der Waals surface area contributed by atoms with Crippen molar-refractivity contribution in [2.45, 2.75) is 26.6 Å². The van der Waals surface area contributed by atoms with Crippen LogP contribution in [0.5, 0.6) is 0 Å². The van der Waals surface area contributed by atoms with Gasteiger partial charge in [0.1, 0.15) is 0 Å². The van der Waals surface area contributed by atoms with Crippen molar-refractivity contribution in [2.75, 3.05) is 0 Å². The summed E-state index contributed by atoms with van der Waals surface area (Å²) in [6.45, 7) is 8.71. The molecule has 2 rings (SSSR count). The van der Waals surface area contributed by atoms with E-state index in [1.54, 1.807) is 0 Å². The molecule has 2 unspecified atom stereocenters. The predicted octanol–water partition coefficient (Wildman–Crippen LogP) is 4.20. The fourth-order valence-corrected chi connectivity index (χ4v) is 2.95. The molecule has 0 N–H and O–H groups in total. The minimum atomic E-state index is 0.356. The van der Waals surface area contributed by atoms with E-state index in [1.807, 2.05) is 0 Å². The fraction of sp³-hybridized carbons (Fsp3) is 0.250. The molecule has 0 amide bonds. The summed E-state index contributed by atoms with van der Waals surface area (Å²) in [4.78, 5) is 0. The van der Waals surface area contributed by atoms with E-state index < -0.39 is 0 Å². The fourth-order valence-electron chi connectivity index (χ4n) is 2.52. The molecule has 0 saturated heterocycles. The summed E-state index contributed by atoms with van der Waals surface area (Å²) < 4.78 is 0. The molecule has 2 heteroatoms. The van der Waals surface area contributed by atoms with Gasteiger partial charge in [-0.3, -0.25) is 0 Å². The van der Waals surface area contributed by atoms with Crippen LogP contribution in [0.15, 0.2) is 42.5 Å². The molecular weight excluding hydrogens is 234 g/mol. The number of aryl methyl sites for hydroxylation is 3. The molecule has 0 aliphatic rings. The van der Waals surface area contributed by atoms with Crippen molar-refractivity contribution >= 4 is 16.1 Å². The van der Waals surface area contributed by atoms with Gasteiger partial charge < -0.3 is 0 Å². The Morgan fingerprint density at radius 3 is 2.11 bits per heavy atom. The van der Waals surface area contributed by atoms with Crippen LogP contribution >= 0.6 is 9.12 Å². The van der Waals surface area contributed by atoms with Gasteiger partial charge in [-0.15, -0.1) is 0 Å². The van der Waals surface area contributed by atoms with E-state index >= 15 is 0 Å². The maximum atomic E-state index is 2.77. The van der Waals surface area contributed by atoms with Gasteiger partial charge in [0.05, 0.1) is 0 Å². The Morgan fingerprint density at radius 1 is 0.944 bits per heavy atom. The van der Waals surface area contributed by atoms with Crippen LogP contribution in [-0.4, -0.2) is 7.00 Å². The highest BCUT2D eigenvalue weighted by molar-refractivity contribution is 7.56. The Labute approximate surface area is 113 Å². The molecule has 18 heavy (non-hydrogen) atoms. The first-order valence-corrected chi connectivity index (χ1v) is 6.97. The molecule has 0 aliphatic carbocycles. The third kappa shape index (κ3) is 2.84. The van der Waals surface area contributed by atoms with Gasteiger partial charge in [-0.2, -0.15) is 9.12 Å². The normalized spacial score (nSPS) is 12.2. The Hall–Kier alpha value is -1.07. The van der Waals surface area contributed by atoms with E-state index in [1.165, 1.54) is 27.8 Å². The van der Waals surface area contributed by atoms with Crippen LogP contribution in [0.1, 0.15) is 33.6 Å². The van der Waals surface area contributed by atoms with Gasteiger partial charge in [-0.05, 0) is 43.3 Å². The van der Waals surface area contributed by atoms with Gasteiger partial charge in [0.25, 0.3) is 0 Å². The van der Waals surface area contributed by atoms with Gasteiger partial charge in [-0.25, -0.2) is 0 Å². The van der Waals surface area contributed by atoms with E-state index in [9.17, 15) is 0 Å². The zero-order valence-corrected chi connectivity index (χ0v) is 12.4. The van der Waals surface area contributed by atoms with E-state index in [4.69, 9.17) is 0 Å². The van der Waals surface area contributed by atoms with Crippen LogP contribution in [0, 0.1) is 20.8 Å². The van der Waals surface area contributed by atoms with E-state index in [0.29, 0.717) is 5.82 Å². The second-order valence-corrected chi connectivity index (χ2v) is 5.33. The molecule has 91 valence electrons. The van der Waals surface area contributed by atoms with Crippen molar-refractivity contribution in [1.29, 1.82) is 0 Å². The summed E-state index contributed by atoms with van der Waals surface area (Å²) in [5.74, 6) is 0.356. The quantitative estimate of drug-likeness (QED) is 0.568. The van der Waals surface area contributed by atoms with Crippen LogP contribution < -0.4 is 0 Å². The number of hydrogen-bond acceptors (Lipinski definition) is 0. The summed E-state index contributed by atoms with van der Waals surface area (Å²) >= 11 is 0. The molecule has 0 heterocycles. The van der Waals surface area contributed by atoms with E-state index in [0.717, 1.165) is 0 Å². The average Bonchev–Trinajstić information content (AvgIpc) is 2.31. The first-order chi connectivity index (χ1) is 8.61. The summed E-state index contributed by atoms with van der Waals surface area (Å²) in [6.07, 6.45) is 0. The highest BCUT2D eigenvalue weighted by Gasteiger charge is 2.15. The van der Waals surface area contributed by atoms with Gasteiger partial charge in [0.2, 0.25) is 0 Å². The zero-order chi connectivity index (χ0) is 13.1. The van der Waals surface area contributed by atoms with Gasteiger partial charge in [-0.1, -0.05) is 53.6 Å². The Kier molecular flexibility index (Phi) is 4.25. The van der Waals surface area contributed by atoms with Crippen LogP contribution in [0.4, 0.5) is 0 Å². The van der Waals surface area contributed by atoms with E-state index in [-0.39, 0.29) is 0 Å². The lowest BCUT2D eigenvalue weighted by Crippen LogP contribution is -2.07. The molecule has 2 aromatic rings. The zero-order valence-electron chi connectivity index (χ0n) is 11.3. The van der Waals surface area contributed by atoms with Crippen LogP contribution in [0.25, 0.3) is 0 Å². The molecule has 2 aromatic carbocycles. The monoisotopic (exact) mass is 253 g/mol. The topological polar surface area (TPSA) is 0 Å². The second kappa shape index (κ2) is 5.72. The SMILES string of the molecule is Cc1cc(C)cc(C([B]P)c2ccccc2C)c1. The maximum absolute atomic E-state index is 2.77. The molecule has 0 bridgehead atoms. The smallest absolute Gasteiger partial charge is 0.153 e. The van der Waals surface area contributed by atoms with Gasteiger partial charge in [0.15, 0.2) is 7.00 Å². The Morgan fingerprint density at radius 2 is 1.56 bits per heavy atom. The minimum absolute atomic E-state index is 0.356. The highest BCUT2D eigenvalue weighted by Crippen LogP contribution is 2.28. The lowest BCUT2D eigenvalue weighted by molar-refractivity contribution is 1.09. The van der Waals surface area contributed by atoms with Crippen molar-refractivity contribution in [2.24, 2.45) is 0 Å². The lowest BCUT2D eigenvalue weighted by Gasteiger charge is -2.19. The standard InChI is InChI=1S/C16H19BP/c1-11-8-12(2)10-14(9-11)16(17-18)15-7-5-4-6-13(15)3/h4-10,16H,18H2,1-3H3. The van der Waals surface area contributed by atoms with E-state index in [2.05, 4.69) is 79.4 Å². The number of hydrogen-bond donors (Lipinski definition) is 0. The molecule has 0 nitrogen and oxygen atoms in total. The first-order valence-electron chi connectivity index (χ1n) is 6.30. The molecule has 2 atom stereocenters. The summed E-state index contributed by atoms with van der Waals surface area (Å²) in [7, 11) is 2.77. The molecule has 0 aromatic heterocycles. The van der Waals surface area contributed by atoms with Crippen molar-refractivity contribution < 1.29 is 0 Å². The van der Waals surface area contributed by atoms with Crippen LogP contribution in [0.3, 0.4) is 0 Å². The average molecular weight is 253 g/mol. The molecular formula is C16H19BP. The summed E-state index contributed by atoms with van der Waals surface area (Å²) in [5.41, 5.74) is 6.76. The largest absolute Gasteiger partial charge is 0.177 e. The highest BCUT2D eigenvalue weighted by atomic mass is 31.0. The van der Waals surface area contributed by atoms with Crippen molar-refractivity contribution in [3.8, 4) is 0 Å². The van der Waals surface area contributed by atoms with Crippen LogP contribution in [0.2, 0.25) is 0 Å². The summed E-state index contributed by atoms with van der Waals surface area (Å²) in [6, 6.07) is 15.4. The lowest BCUT2D eigenvalue weighted by atomic mass is 9.72. The Bertz CT molecular complexity index is 528. The number of rotatable bonds is 3. The Balaban J connectivity index is 2.48. The molecule has 0 aliphatic heterocycles. The third-order valence-corrected chi connectivity index (χ3v) is 3.70. The molecule has 1 radical (unpaired) electrons. The van der Waals surface area contributed by atoms with Gasteiger partial charge >= 0.3 is 0 Å². The second-order valence-electron chi connectivity index (χ2n) is 4.95. The minimum Gasteiger partial charge on any atom is -0.177 e. The summed E-state index contributed by atoms with van der Waals surface area (Å²) in [5, 5.41) is 0. The predicted molar refractivity (Wildman–Crippen MR) is 84.4 cm³/mol. The van der Waals surface area contributed by atoms with Crippen molar-refractivity contribution in [3.05, 3.63) is 70.3 Å².